The van der Waals surface area contributed by atoms with Crippen LogP contribution in [-0.2, 0) is 11.0 Å². The lowest BCUT2D eigenvalue weighted by molar-refractivity contribution is -0.137. The molecule has 3 amide bonds. The topological polar surface area (TPSA) is 61.4 Å². The lowest BCUT2D eigenvalue weighted by Crippen LogP contribution is -2.39. The molecule has 2 N–H and O–H groups in total. The summed E-state index contributed by atoms with van der Waals surface area (Å²) in [6.45, 7) is 1.58. The van der Waals surface area contributed by atoms with Crippen LogP contribution in [0, 0.1) is 11.7 Å². The van der Waals surface area contributed by atoms with Crippen LogP contribution < -0.4 is 10.6 Å². The summed E-state index contributed by atoms with van der Waals surface area (Å²) in [4.78, 5) is 24.4. The fraction of sp³-hybridized carbons (Fsp3) is 0.429. The van der Waals surface area contributed by atoms with Gasteiger partial charge in [0.1, 0.15) is 5.82 Å². The molecule has 9 heteroatoms. The Bertz CT molecular complexity index is 590. The van der Waals surface area contributed by atoms with Gasteiger partial charge in [0, 0.05) is 20.6 Å². The molecule has 0 heterocycles. The zero-order valence-electron chi connectivity index (χ0n) is 12.8. The molecule has 23 heavy (non-hydrogen) atoms. The first-order chi connectivity index (χ1) is 10.6. The molecule has 1 aromatic rings. The van der Waals surface area contributed by atoms with Gasteiger partial charge in [0.15, 0.2) is 0 Å². The molecule has 1 atom stereocenters. The van der Waals surface area contributed by atoms with Crippen molar-refractivity contribution in [2.24, 2.45) is 5.92 Å². The molecule has 5 nitrogen and oxygen atoms in total. The minimum absolute atomic E-state index is 0.00799. The van der Waals surface area contributed by atoms with Crippen molar-refractivity contribution < 1.29 is 27.2 Å². The number of benzene rings is 1. The van der Waals surface area contributed by atoms with E-state index in [1.54, 1.807) is 6.92 Å². The van der Waals surface area contributed by atoms with E-state index in [2.05, 4.69) is 10.6 Å². The van der Waals surface area contributed by atoms with Crippen molar-refractivity contribution in [1.29, 1.82) is 0 Å². The SMILES string of the molecule is CNC(=O)[C@H](C)CN(C)C(=O)Nc1ccc(F)cc1C(F)(F)F. The maximum absolute atomic E-state index is 13.0. The number of hydrogen-bond acceptors (Lipinski definition) is 2. The molecule has 0 saturated heterocycles. The van der Waals surface area contributed by atoms with Gasteiger partial charge in [-0.1, -0.05) is 6.92 Å². The van der Waals surface area contributed by atoms with Crippen LogP contribution in [0.2, 0.25) is 0 Å². The number of hydrogen-bond donors (Lipinski definition) is 2. The Morgan fingerprint density at radius 3 is 2.43 bits per heavy atom. The molecular weight excluding hydrogens is 318 g/mol. The van der Waals surface area contributed by atoms with Gasteiger partial charge >= 0.3 is 12.2 Å². The van der Waals surface area contributed by atoms with Crippen LogP contribution in [-0.4, -0.2) is 37.5 Å². The highest BCUT2D eigenvalue weighted by Gasteiger charge is 2.34. The van der Waals surface area contributed by atoms with E-state index >= 15 is 0 Å². The lowest BCUT2D eigenvalue weighted by atomic mass is 10.1. The zero-order chi connectivity index (χ0) is 17.8. The molecular formula is C14H17F4N3O2. The highest BCUT2D eigenvalue weighted by molar-refractivity contribution is 5.90. The van der Waals surface area contributed by atoms with Gasteiger partial charge in [-0.25, -0.2) is 9.18 Å². The van der Waals surface area contributed by atoms with Crippen molar-refractivity contribution in [2.45, 2.75) is 13.1 Å². The number of nitrogens with one attached hydrogen (secondary N) is 2. The minimum Gasteiger partial charge on any atom is -0.359 e. The predicted octanol–water partition coefficient (Wildman–Crippen LogP) is 2.69. The standard InChI is InChI=1S/C14H17F4N3O2/c1-8(12(22)19-2)7-21(3)13(23)20-11-5-4-9(15)6-10(11)14(16,17)18/h4-6,8H,7H2,1-3H3,(H,19,22)(H,20,23)/t8-/m1/s1. The molecule has 1 aromatic carbocycles. The summed E-state index contributed by atoms with van der Waals surface area (Å²) in [7, 11) is 2.78. The van der Waals surface area contributed by atoms with Crippen LogP contribution in [0.3, 0.4) is 0 Å². The smallest absolute Gasteiger partial charge is 0.359 e. The number of nitrogens with zero attached hydrogens (tertiary/aromatic N) is 1. The molecule has 0 saturated carbocycles. The van der Waals surface area contributed by atoms with E-state index in [9.17, 15) is 27.2 Å². The summed E-state index contributed by atoms with van der Waals surface area (Å²) in [6, 6.07) is 1.13. The third kappa shape index (κ3) is 5.11. The molecule has 0 aliphatic carbocycles. The van der Waals surface area contributed by atoms with Crippen molar-refractivity contribution in [3.05, 3.63) is 29.6 Å². The second kappa shape index (κ2) is 7.30. The van der Waals surface area contributed by atoms with E-state index in [1.165, 1.54) is 14.1 Å². The van der Waals surface area contributed by atoms with Crippen molar-refractivity contribution >= 4 is 17.6 Å². The summed E-state index contributed by atoms with van der Waals surface area (Å²) in [6.07, 6.45) is -4.81. The zero-order valence-corrected chi connectivity index (χ0v) is 12.8. The third-order valence-corrected chi connectivity index (χ3v) is 3.12. The van der Waals surface area contributed by atoms with Gasteiger partial charge in [-0.05, 0) is 18.2 Å². The fourth-order valence-corrected chi connectivity index (χ4v) is 1.89. The van der Waals surface area contributed by atoms with E-state index in [-0.39, 0.29) is 12.5 Å². The number of carbonyl (C=O) groups is 2. The number of carbonyl (C=O) groups excluding carboxylic acids is 2. The summed E-state index contributed by atoms with van der Waals surface area (Å²) >= 11 is 0. The van der Waals surface area contributed by atoms with Crippen molar-refractivity contribution in [2.75, 3.05) is 26.0 Å². The lowest BCUT2D eigenvalue weighted by Gasteiger charge is -2.22. The van der Waals surface area contributed by atoms with Gasteiger partial charge in [0.05, 0.1) is 17.2 Å². The van der Waals surface area contributed by atoms with Gasteiger partial charge in [0.2, 0.25) is 5.91 Å². The van der Waals surface area contributed by atoms with E-state index < -0.39 is 35.2 Å². The van der Waals surface area contributed by atoms with Crippen LogP contribution in [0.15, 0.2) is 18.2 Å². The van der Waals surface area contributed by atoms with Gasteiger partial charge in [-0.3, -0.25) is 4.79 Å². The maximum atomic E-state index is 13.0. The molecule has 0 spiro atoms. The first kappa shape index (κ1) is 18.7. The summed E-state index contributed by atoms with van der Waals surface area (Å²) in [5.41, 5.74) is -1.83. The van der Waals surface area contributed by atoms with Gasteiger partial charge in [-0.15, -0.1) is 0 Å². The molecule has 0 aliphatic rings. The summed E-state index contributed by atoms with van der Waals surface area (Å²) < 4.78 is 51.6. The Kier molecular flexibility index (Phi) is 5.94. The Balaban J connectivity index is 2.87. The number of halogens is 4. The molecule has 0 aromatic heterocycles. The van der Waals surface area contributed by atoms with Crippen LogP contribution in [0.25, 0.3) is 0 Å². The average molecular weight is 335 g/mol. The summed E-state index contributed by atoms with van der Waals surface area (Å²) in [5.74, 6) is -1.90. The monoisotopic (exact) mass is 335 g/mol. The molecule has 128 valence electrons. The quantitative estimate of drug-likeness (QED) is 0.831. The molecule has 1 rings (SSSR count). The normalized spacial score (nSPS) is 12.5. The Labute approximate surface area is 130 Å². The molecule has 0 radical (unpaired) electrons. The van der Waals surface area contributed by atoms with Crippen LogP contribution in [0.4, 0.5) is 28.0 Å². The van der Waals surface area contributed by atoms with Crippen molar-refractivity contribution in [1.82, 2.24) is 10.2 Å². The molecule has 0 unspecified atom stereocenters. The van der Waals surface area contributed by atoms with E-state index in [1.807, 2.05) is 0 Å². The molecule has 0 bridgehead atoms. The Hall–Kier alpha value is -2.32. The first-order valence-electron chi connectivity index (χ1n) is 6.66. The Morgan fingerprint density at radius 1 is 1.30 bits per heavy atom. The number of rotatable bonds is 4. The van der Waals surface area contributed by atoms with Crippen LogP contribution >= 0.6 is 0 Å². The van der Waals surface area contributed by atoms with Crippen LogP contribution in [0.1, 0.15) is 12.5 Å². The van der Waals surface area contributed by atoms with Crippen LogP contribution in [0.5, 0.6) is 0 Å². The second-order valence-corrected chi connectivity index (χ2v) is 5.01. The number of anilines is 1. The van der Waals surface area contributed by atoms with E-state index in [0.717, 1.165) is 17.0 Å². The third-order valence-electron chi connectivity index (χ3n) is 3.12. The van der Waals surface area contributed by atoms with Gasteiger partial charge in [-0.2, -0.15) is 13.2 Å². The molecule has 0 aliphatic heterocycles. The first-order valence-corrected chi connectivity index (χ1v) is 6.66. The number of urea groups is 1. The number of amides is 3. The number of alkyl halides is 3. The molecule has 0 fully saturated rings. The fourth-order valence-electron chi connectivity index (χ4n) is 1.89. The Morgan fingerprint density at radius 2 is 1.91 bits per heavy atom. The summed E-state index contributed by atoms with van der Waals surface area (Å²) in [5, 5.41) is 4.48. The van der Waals surface area contributed by atoms with Crippen molar-refractivity contribution in [3.63, 3.8) is 0 Å². The second-order valence-electron chi connectivity index (χ2n) is 5.01. The van der Waals surface area contributed by atoms with E-state index in [0.29, 0.717) is 6.07 Å². The minimum atomic E-state index is -4.81. The largest absolute Gasteiger partial charge is 0.418 e. The van der Waals surface area contributed by atoms with Gasteiger partial charge < -0.3 is 15.5 Å². The van der Waals surface area contributed by atoms with Crippen molar-refractivity contribution in [3.8, 4) is 0 Å². The highest BCUT2D eigenvalue weighted by Crippen LogP contribution is 2.35. The van der Waals surface area contributed by atoms with E-state index in [4.69, 9.17) is 0 Å². The average Bonchev–Trinajstić information content (AvgIpc) is 2.46. The maximum Gasteiger partial charge on any atom is 0.418 e. The van der Waals surface area contributed by atoms with Gasteiger partial charge in [0.25, 0.3) is 0 Å². The predicted molar refractivity (Wildman–Crippen MR) is 76.3 cm³/mol. The highest BCUT2D eigenvalue weighted by atomic mass is 19.4.